The summed E-state index contributed by atoms with van der Waals surface area (Å²) in [5.41, 5.74) is 2.14. The summed E-state index contributed by atoms with van der Waals surface area (Å²) in [4.78, 5) is 59.7. The van der Waals surface area contributed by atoms with Gasteiger partial charge in [-0.05, 0) is 74.7 Å². The van der Waals surface area contributed by atoms with Gasteiger partial charge in [-0.1, -0.05) is 37.6 Å². The Bertz CT molecular complexity index is 2140. The van der Waals surface area contributed by atoms with E-state index in [0.29, 0.717) is 69.4 Å². The molecule has 3 aromatic heterocycles. The fraction of sp³-hybridized carbons (Fsp3) is 0.452. The third kappa shape index (κ3) is 11.3. The second-order valence-electron chi connectivity index (χ2n) is 15.2. The molecule has 310 valence electrons. The predicted octanol–water partition coefficient (Wildman–Crippen LogP) is 5.80. The summed E-state index contributed by atoms with van der Waals surface area (Å²) < 4.78 is 23.8. The lowest BCUT2D eigenvalue weighted by molar-refractivity contribution is -0.132. The van der Waals surface area contributed by atoms with Crippen LogP contribution in [0.25, 0.3) is 11.2 Å². The quantitative estimate of drug-likeness (QED) is 0.109. The maximum atomic E-state index is 13.8. The fourth-order valence-corrected chi connectivity index (χ4v) is 7.60. The average molecular weight is 815 g/mol. The molecule has 1 saturated heterocycles. The molecular formula is C42H54N8O7S. The third-order valence-electron chi connectivity index (χ3n) is 9.60. The summed E-state index contributed by atoms with van der Waals surface area (Å²) in [6, 6.07) is 20.1. The number of unbranched alkanes of at least 4 members (excludes halogenated alkanes) is 1. The molecule has 2 aromatic carbocycles. The van der Waals surface area contributed by atoms with Crippen molar-refractivity contribution in [2.24, 2.45) is 0 Å². The SMILES string of the molecule is CCCCOc1nc(N(Cc2ccc(OC)cc2)Cc2ccc(OC)cc2)c2[nH]c(=O)n(Cc3ccc(CN4CCN(C(=O)CNC(=O)OC(C)(C)C)CC4)s3)c2n1. The number of anilines is 1. The Kier molecular flexibility index (Phi) is 13.9. The lowest BCUT2D eigenvalue weighted by Crippen LogP contribution is -2.51. The van der Waals surface area contributed by atoms with E-state index in [4.69, 9.17) is 28.9 Å². The van der Waals surface area contributed by atoms with Crippen molar-refractivity contribution < 1.29 is 28.5 Å². The van der Waals surface area contributed by atoms with Crippen LogP contribution in [-0.2, 0) is 35.7 Å². The first kappa shape index (κ1) is 42.0. The topological polar surface area (TPSA) is 156 Å². The van der Waals surface area contributed by atoms with E-state index >= 15 is 0 Å². The minimum absolute atomic E-state index is 0.0987. The zero-order valence-corrected chi connectivity index (χ0v) is 35.0. The van der Waals surface area contributed by atoms with E-state index in [0.717, 1.165) is 51.8 Å². The molecule has 15 nitrogen and oxygen atoms in total. The summed E-state index contributed by atoms with van der Waals surface area (Å²) in [5, 5.41) is 2.56. The number of imidazole rings is 1. The van der Waals surface area contributed by atoms with Gasteiger partial charge in [0, 0.05) is 55.6 Å². The summed E-state index contributed by atoms with van der Waals surface area (Å²) in [6.07, 6.45) is 1.19. The molecule has 0 saturated carbocycles. The number of benzene rings is 2. The van der Waals surface area contributed by atoms with Crippen molar-refractivity contribution in [2.45, 2.75) is 72.3 Å². The normalized spacial score (nSPS) is 13.4. The smallest absolute Gasteiger partial charge is 0.408 e. The van der Waals surface area contributed by atoms with Crippen LogP contribution in [-0.4, -0.2) is 100 Å². The lowest BCUT2D eigenvalue weighted by atomic mass is 10.1. The highest BCUT2D eigenvalue weighted by Crippen LogP contribution is 2.29. The molecule has 2 N–H and O–H groups in total. The molecule has 0 aliphatic carbocycles. The number of thiophene rings is 1. The number of nitrogens with one attached hydrogen (secondary N) is 2. The van der Waals surface area contributed by atoms with Crippen molar-refractivity contribution in [1.82, 2.24) is 34.6 Å². The Balaban J connectivity index is 1.20. The number of rotatable bonds is 17. The highest BCUT2D eigenvalue weighted by atomic mass is 32.1. The minimum atomic E-state index is -0.629. The van der Waals surface area contributed by atoms with Crippen LogP contribution < -0.4 is 30.1 Å². The molecule has 1 aliphatic rings. The van der Waals surface area contributed by atoms with Gasteiger partial charge in [-0.25, -0.2) is 9.59 Å². The van der Waals surface area contributed by atoms with Crippen LogP contribution in [0.1, 0.15) is 61.4 Å². The highest BCUT2D eigenvalue weighted by molar-refractivity contribution is 7.11. The summed E-state index contributed by atoms with van der Waals surface area (Å²) >= 11 is 1.64. The van der Waals surface area contributed by atoms with Crippen LogP contribution >= 0.6 is 11.3 Å². The van der Waals surface area contributed by atoms with E-state index in [1.54, 1.807) is 55.8 Å². The molecule has 0 atom stereocenters. The van der Waals surface area contributed by atoms with Crippen molar-refractivity contribution >= 4 is 40.3 Å². The molecule has 16 heteroatoms. The number of hydrogen-bond acceptors (Lipinski definition) is 12. The van der Waals surface area contributed by atoms with Crippen molar-refractivity contribution in [2.75, 3.05) is 58.5 Å². The number of aromatic amines is 1. The third-order valence-corrected chi connectivity index (χ3v) is 10.6. The maximum Gasteiger partial charge on any atom is 0.408 e. The Labute approximate surface area is 342 Å². The summed E-state index contributed by atoms with van der Waals surface area (Å²) in [7, 11) is 3.29. The van der Waals surface area contributed by atoms with Crippen molar-refractivity contribution in [1.29, 1.82) is 0 Å². The van der Waals surface area contributed by atoms with Crippen LogP contribution in [0.15, 0.2) is 65.5 Å². The zero-order chi connectivity index (χ0) is 41.2. The van der Waals surface area contributed by atoms with E-state index in [1.807, 2.05) is 54.6 Å². The number of hydrogen-bond donors (Lipinski definition) is 2. The van der Waals surface area contributed by atoms with Gasteiger partial charge in [0.1, 0.15) is 29.2 Å². The first-order valence-corrected chi connectivity index (χ1v) is 20.4. The number of amides is 2. The molecular weight excluding hydrogens is 761 g/mol. The Morgan fingerprint density at radius 2 is 1.47 bits per heavy atom. The number of piperazine rings is 1. The maximum absolute atomic E-state index is 13.8. The van der Waals surface area contributed by atoms with Gasteiger partial charge in [-0.15, -0.1) is 11.3 Å². The van der Waals surface area contributed by atoms with E-state index in [-0.39, 0.29) is 24.2 Å². The van der Waals surface area contributed by atoms with Gasteiger partial charge >= 0.3 is 17.8 Å². The lowest BCUT2D eigenvalue weighted by Gasteiger charge is -2.34. The van der Waals surface area contributed by atoms with Gasteiger partial charge in [-0.2, -0.15) is 9.97 Å². The van der Waals surface area contributed by atoms with Crippen LogP contribution in [0, 0.1) is 0 Å². The van der Waals surface area contributed by atoms with Crippen LogP contribution in [0.2, 0.25) is 0 Å². The molecule has 6 rings (SSSR count). The van der Waals surface area contributed by atoms with Gasteiger partial charge in [-0.3, -0.25) is 14.3 Å². The molecule has 1 fully saturated rings. The largest absolute Gasteiger partial charge is 0.497 e. The molecule has 0 unspecified atom stereocenters. The van der Waals surface area contributed by atoms with Gasteiger partial charge in [0.2, 0.25) is 5.91 Å². The fourth-order valence-electron chi connectivity index (χ4n) is 6.55. The van der Waals surface area contributed by atoms with E-state index < -0.39 is 11.7 Å². The molecule has 1 aliphatic heterocycles. The summed E-state index contributed by atoms with van der Waals surface area (Å²) in [6.45, 7) is 12.4. The molecule has 4 heterocycles. The van der Waals surface area contributed by atoms with Crippen molar-refractivity contribution in [3.8, 4) is 17.5 Å². The van der Waals surface area contributed by atoms with Gasteiger partial charge in [0.25, 0.3) is 0 Å². The molecule has 2 amide bonds. The molecule has 5 aromatic rings. The van der Waals surface area contributed by atoms with E-state index in [2.05, 4.69) is 33.1 Å². The van der Waals surface area contributed by atoms with Gasteiger partial charge < -0.3 is 39.0 Å². The number of carbonyl (C=O) groups excluding carboxylic acids is 2. The van der Waals surface area contributed by atoms with Gasteiger partial charge in [0.05, 0.1) is 27.4 Å². The number of aromatic nitrogens is 4. The number of carbonyl (C=O) groups is 2. The van der Waals surface area contributed by atoms with Crippen molar-refractivity contribution in [3.63, 3.8) is 0 Å². The second-order valence-corrected chi connectivity index (χ2v) is 16.4. The number of alkyl carbamates (subject to hydrolysis) is 1. The van der Waals surface area contributed by atoms with E-state index in [1.165, 1.54) is 0 Å². The second kappa shape index (κ2) is 19.2. The number of nitrogens with zero attached hydrogens (tertiary/aromatic N) is 6. The predicted molar refractivity (Wildman–Crippen MR) is 224 cm³/mol. The van der Waals surface area contributed by atoms with Crippen LogP contribution in [0.3, 0.4) is 0 Å². The number of fused-ring (bicyclic) bond motifs is 1. The Morgan fingerprint density at radius 1 is 0.862 bits per heavy atom. The molecule has 58 heavy (non-hydrogen) atoms. The zero-order valence-electron chi connectivity index (χ0n) is 34.2. The number of H-pyrrole nitrogens is 1. The summed E-state index contributed by atoms with van der Waals surface area (Å²) in [5.74, 6) is 1.95. The van der Waals surface area contributed by atoms with Crippen LogP contribution in [0.5, 0.6) is 17.5 Å². The highest BCUT2D eigenvalue weighted by Gasteiger charge is 2.25. The monoisotopic (exact) mass is 814 g/mol. The van der Waals surface area contributed by atoms with Gasteiger partial charge in [0.15, 0.2) is 11.5 Å². The first-order valence-electron chi connectivity index (χ1n) is 19.6. The number of ether oxygens (including phenoxy) is 4. The van der Waals surface area contributed by atoms with Crippen molar-refractivity contribution in [3.05, 3.63) is 92.0 Å². The Hall–Kier alpha value is -5.61. The average Bonchev–Trinajstić information content (AvgIpc) is 3.79. The molecule has 0 bridgehead atoms. The number of methoxy groups -OCH3 is 2. The molecule has 0 spiro atoms. The Morgan fingerprint density at radius 3 is 2.03 bits per heavy atom. The first-order chi connectivity index (χ1) is 27.9. The van der Waals surface area contributed by atoms with E-state index in [9.17, 15) is 14.4 Å². The minimum Gasteiger partial charge on any atom is -0.497 e. The molecule has 0 radical (unpaired) electrons. The standard InChI is InChI=1S/C42H54N8O7S/c1-7-8-23-56-39-45-37(49(25-29-9-13-31(54-5)14-10-29)26-30-11-15-32(55-6)16-12-30)36-38(46-39)50(40(52)44-36)28-34-18-17-33(58-34)27-47-19-21-48(22-20-47)35(51)24-43-41(53)57-42(2,3)4/h9-18H,7-8,19-28H2,1-6H3,(H,43,53)(H,44,52). The van der Waals surface area contributed by atoms with Crippen LogP contribution in [0.4, 0.5) is 10.6 Å².